The summed E-state index contributed by atoms with van der Waals surface area (Å²) in [6.07, 6.45) is 1.16. The van der Waals surface area contributed by atoms with E-state index in [0.29, 0.717) is 12.0 Å². The maximum atomic E-state index is 3.58. The Morgan fingerprint density at radius 1 is 0.850 bits per heavy atom. The Morgan fingerprint density at radius 2 is 1.45 bits per heavy atom. The van der Waals surface area contributed by atoms with Crippen LogP contribution in [0.4, 0.5) is 0 Å². The van der Waals surface area contributed by atoms with E-state index >= 15 is 0 Å². The van der Waals surface area contributed by atoms with Crippen LogP contribution in [-0.4, -0.2) is 12.6 Å². The van der Waals surface area contributed by atoms with Gasteiger partial charge in [0, 0.05) is 6.04 Å². The summed E-state index contributed by atoms with van der Waals surface area (Å²) in [5.74, 6) is 0.546. The van der Waals surface area contributed by atoms with E-state index in [1.807, 2.05) is 0 Å². The molecule has 0 saturated heterocycles. The molecule has 1 nitrogen and oxygen atoms in total. The van der Waals surface area contributed by atoms with Gasteiger partial charge in [-0.25, -0.2) is 0 Å². The van der Waals surface area contributed by atoms with Gasteiger partial charge in [0.25, 0.3) is 0 Å². The first-order valence-corrected chi connectivity index (χ1v) is 7.65. The lowest BCUT2D eigenvalue weighted by Crippen LogP contribution is -2.32. The highest BCUT2D eigenvalue weighted by Crippen LogP contribution is 2.25. The average molecular weight is 267 g/mol. The Bertz CT molecular complexity index is 501. The third kappa shape index (κ3) is 3.49. The third-order valence-corrected chi connectivity index (χ3v) is 4.05. The summed E-state index contributed by atoms with van der Waals surface area (Å²) >= 11 is 0. The predicted molar refractivity (Wildman–Crippen MR) is 88.0 cm³/mol. The molecule has 0 bridgehead atoms. The molecule has 0 aromatic heterocycles. The van der Waals surface area contributed by atoms with Crippen LogP contribution < -0.4 is 5.32 Å². The van der Waals surface area contributed by atoms with E-state index in [1.165, 1.54) is 16.7 Å². The summed E-state index contributed by atoms with van der Waals surface area (Å²) < 4.78 is 0. The minimum atomic E-state index is 0.546. The fourth-order valence-electron chi connectivity index (χ4n) is 2.78. The number of hydrogen-bond acceptors (Lipinski definition) is 1. The van der Waals surface area contributed by atoms with Crippen molar-refractivity contribution < 1.29 is 0 Å². The lowest BCUT2D eigenvalue weighted by Gasteiger charge is -2.24. The number of benzene rings is 2. The largest absolute Gasteiger partial charge is 0.314 e. The van der Waals surface area contributed by atoms with Crippen molar-refractivity contribution in [3.8, 4) is 11.1 Å². The normalized spacial score (nSPS) is 13.9. The van der Waals surface area contributed by atoms with Crippen molar-refractivity contribution in [3.63, 3.8) is 0 Å². The van der Waals surface area contributed by atoms with Crippen LogP contribution in [-0.2, 0) is 0 Å². The fourth-order valence-corrected chi connectivity index (χ4v) is 2.78. The molecule has 0 heterocycles. The number of hydrogen-bond donors (Lipinski definition) is 1. The smallest absolute Gasteiger partial charge is 0.0130 e. The summed E-state index contributed by atoms with van der Waals surface area (Å²) in [5.41, 5.74) is 3.99. The highest BCUT2D eigenvalue weighted by atomic mass is 14.9. The first kappa shape index (κ1) is 14.8. The third-order valence-electron chi connectivity index (χ3n) is 4.05. The molecule has 2 atom stereocenters. The van der Waals surface area contributed by atoms with Crippen LogP contribution in [0.5, 0.6) is 0 Å². The summed E-state index contributed by atoms with van der Waals surface area (Å²) in [7, 11) is 0. The Kier molecular flexibility index (Phi) is 5.37. The first-order valence-electron chi connectivity index (χ1n) is 7.65. The molecule has 0 radical (unpaired) electrons. The molecule has 0 aliphatic rings. The fraction of sp³-hybridized carbons (Fsp3) is 0.368. The van der Waals surface area contributed by atoms with Gasteiger partial charge in [0.15, 0.2) is 0 Å². The Labute approximate surface area is 123 Å². The SMILES string of the molecule is CCNC(CC)C(C)c1ccc(-c2ccccc2)cc1. The topological polar surface area (TPSA) is 12.0 Å². The van der Waals surface area contributed by atoms with E-state index in [2.05, 4.69) is 80.7 Å². The molecular formula is C19H25N. The van der Waals surface area contributed by atoms with Gasteiger partial charge in [-0.3, -0.25) is 0 Å². The maximum Gasteiger partial charge on any atom is 0.0130 e. The average Bonchev–Trinajstić information content (AvgIpc) is 2.53. The monoisotopic (exact) mass is 267 g/mol. The van der Waals surface area contributed by atoms with Crippen molar-refractivity contribution in [2.24, 2.45) is 0 Å². The predicted octanol–water partition coefficient (Wildman–Crippen LogP) is 4.85. The van der Waals surface area contributed by atoms with Crippen molar-refractivity contribution in [2.75, 3.05) is 6.54 Å². The highest BCUT2D eigenvalue weighted by molar-refractivity contribution is 5.63. The van der Waals surface area contributed by atoms with Gasteiger partial charge in [-0.1, -0.05) is 75.4 Å². The van der Waals surface area contributed by atoms with Gasteiger partial charge in [-0.2, -0.15) is 0 Å². The van der Waals surface area contributed by atoms with Crippen LogP contribution in [0.2, 0.25) is 0 Å². The molecule has 0 fully saturated rings. The molecule has 0 aliphatic heterocycles. The lowest BCUT2D eigenvalue weighted by molar-refractivity contribution is 0.449. The molecule has 2 unspecified atom stereocenters. The van der Waals surface area contributed by atoms with Crippen LogP contribution in [0.1, 0.15) is 38.7 Å². The molecule has 20 heavy (non-hydrogen) atoms. The van der Waals surface area contributed by atoms with E-state index in [0.717, 1.165) is 13.0 Å². The van der Waals surface area contributed by atoms with Gasteiger partial charge >= 0.3 is 0 Å². The second-order valence-corrected chi connectivity index (χ2v) is 5.35. The van der Waals surface area contributed by atoms with Gasteiger partial charge in [-0.15, -0.1) is 0 Å². The molecule has 0 saturated carbocycles. The lowest BCUT2D eigenvalue weighted by atomic mass is 9.90. The molecule has 106 valence electrons. The number of likely N-dealkylation sites (N-methyl/N-ethyl adjacent to an activating group) is 1. The van der Waals surface area contributed by atoms with Crippen LogP contribution in [0.15, 0.2) is 54.6 Å². The van der Waals surface area contributed by atoms with Crippen molar-refractivity contribution in [3.05, 3.63) is 60.2 Å². The zero-order valence-corrected chi connectivity index (χ0v) is 12.8. The van der Waals surface area contributed by atoms with Crippen LogP contribution in [0, 0.1) is 0 Å². The van der Waals surface area contributed by atoms with Gasteiger partial charge < -0.3 is 5.32 Å². The second-order valence-electron chi connectivity index (χ2n) is 5.35. The van der Waals surface area contributed by atoms with Gasteiger partial charge in [0.1, 0.15) is 0 Å². The van der Waals surface area contributed by atoms with Gasteiger partial charge in [-0.05, 0) is 35.6 Å². The van der Waals surface area contributed by atoms with Crippen molar-refractivity contribution in [2.45, 2.75) is 39.2 Å². The van der Waals surface area contributed by atoms with E-state index in [4.69, 9.17) is 0 Å². The molecule has 0 aliphatic carbocycles. The van der Waals surface area contributed by atoms with Gasteiger partial charge in [0.2, 0.25) is 0 Å². The molecule has 2 rings (SSSR count). The van der Waals surface area contributed by atoms with E-state index < -0.39 is 0 Å². The Balaban J connectivity index is 2.15. The maximum absolute atomic E-state index is 3.58. The van der Waals surface area contributed by atoms with Crippen LogP contribution in [0.3, 0.4) is 0 Å². The van der Waals surface area contributed by atoms with Crippen molar-refractivity contribution >= 4 is 0 Å². The summed E-state index contributed by atoms with van der Waals surface area (Å²) in [6.45, 7) is 7.77. The number of nitrogens with one attached hydrogen (secondary N) is 1. The van der Waals surface area contributed by atoms with E-state index in [1.54, 1.807) is 0 Å². The Hall–Kier alpha value is -1.60. The number of rotatable bonds is 6. The van der Waals surface area contributed by atoms with E-state index in [-0.39, 0.29) is 0 Å². The Morgan fingerprint density at radius 3 is 2.00 bits per heavy atom. The summed E-state index contributed by atoms with van der Waals surface area (Å²) in [4.78, 5) is 0. The van der Waals surface area contributed by atoms with Crippen LogP contribution >= 0.6 is 0 Å². The van der Waals surface area contributed by atoms with Crippen LogP contribution in [0.25, 0.3) is 11.1 Å². The molecule has 2 aromatic carbocycles. The molecule has 0 spiro atoms. The zero-order chi connectivity index (χ0) is 14.4. The molecular weight excluding hydrogens is 242 g/mol. The molecule has 0 amide bonds. The molecule has 2 aromatic rings. The summed E-state index contributed by atoms with van der Waals surface area (Å²) in [6, 6.07) is 20.1. The van der Waals surface area contributed by atoms with Crippen molar-refractivity contribution in [1.82, 2.24) is 5.32 Å². The molecule has 1 heteroatoms. The quantitative estimate of drug-likeness (QED) is 0.789. The molecule has 1 N–H and O–H groups in total. The standard InChI is InChI=1S/C19H25N/c1-4-19(20-5-2)15(3)16-11-13-18(14-12-16)17-9-7-6-8-10-17/h6-15,19-20H,4-5H2,1-3H3. The highest BCUT2D eigenvalue weighted by Gasteiger charge is 2.15. The van der Waals surface area contributed by atoms with Gasteiger partial charge in [0.05, 0.1) is 0 Å². The minimum Gasteiger partial charge on any atom is -0.314 e. The first-order chi connectivity index (χ1) is 9.76. The second kappa shape index (κ2) is 7.25. The van der Waals surface area contributed by atoms with E-state index in [9.17, 15) is 0 Å². The zero-order valence-electron chi connectivity index (χ0n) is 12.8. The van der Waals surface area contributed by atoms with Crippen molar-refractivity contribution in [1.29, 1.82) is 0 Å². The summed E-state index contributed by atoms with van der Waals surface area (Å²) in [5, 5.41) is 3.58. The minimum absolute atomic E-state index is 0.546.